The van der Waals surface area contributed by atoms with Crippen LogP contribution in [0.4, 0.5) is 0 Å². The number of hydrogen-bond donors (Lipinski definition) is 0. The summed E-state index contributed by atoms with van der Waals surface area (Å²) in [5, 5.41) is -0.439. The SMILES string of the molecule is O=S1(=O)CCCC1c1ncc2cc(Br)ccn12. The van der Waals surface area contributed by atoms with Crippen LogP contribution in [0, 0.1) is 0 Å². The number of halogens is 1. The predicted molar refractivity (Wildman–Crippen MR) is 68.7 cm³/mol. The van der Waals surface area contributed by atoms with Crippen molar-refractivity contribution in [3.05, 3.63) is 34.8 Å². The van der Waals surface area contributed by atoms with Gasteiger partial charge in [-0.15, -0.1) is 0 Å². The monoisotopic (exact) mass is 314 g/mol. The Labute approximate surface area is 108 Å². The van der Waals surface area contributed by atoms with Crippen molar-refractivity contribution in [2.75, 3.05) is 5.75 Å². The predicted octanol–water partition coefficient (Wildman–Crippen LogP) is 2.35. The number of hydrogen-bond acceptors (Lipinski definition) is 3. The number of pyridine rings is 1. The van der Waals surface area contributed by atoms with Gasteiger partial charge < -0.3 is 4.40 Å². The van der Waals surface area contributed by atoms with Gasteiger partial charge in [-0.3, -0.25) is 0 Å². The van der Waals surface area contributed by atoms with Gasteiger partial charge in [-0.25, -0.2) is 13.4 Å². The van der Waals surface area contributed by atoms with E-state index in [0.717, 1.165) is 16.4 Å². The molecule has 3 heterocycles. The first kappa shape index (κ1) is 11.2. The van der Waals surface area contributed by atoms with Crippen molar-refractivity contribution in [3.63, 3.8) is 0 Å². The van der Waals surface area contributed by atoms with Gasteiger partial charge in [0.25, 0.3) is 0 Å². The van der Waals surface area contributed by atoms with Gasteiger partial charge >= 0.3 is 0 Å². The molecular weight excluding hydrogens is 304 g/mol. The Hall–Kier alpha value is -0.880. The third-order valence-electron chi connectivity index (χ3n) is 3.14. The van der Waals surface area contributed by atoms with Crippen LogP contribution in [0.2, 0.25) is 0 Å². The smallest absolute Gasteiger partial charge is 0.160 e. The first-order valence-electron chi connectivity index (χ1n) is 5.42. The van der Waals surface area contributed by atoms with Gasteiger partial charge in [0.05, 0.1) is 17.5 Å². The fraction of sp³-hybridized carbons (Fsp3) is 0.364. The Morgan fingerprint density at radius 3 is 3.00 bits per heavy atom. The van der Waals surface area contributed by atoms with E-state index in [9.17, 15) is 8.42 Å². The van der Waals surface area contributed by atoms with E-state index in [1.807, 2.05) is 22.7 Å². The summed E-state index contributed by atoms with van der Waals surface area (Å²) in [6.45, 7) is 0. The van der Waals surface area contributed by atoms with Crippen molar-refractivity contribution in [3.8, 4) is 0 Å². The molecule has 0 spiro atoms. The molecule has 1 aliphatic heterocycles. The average molecular weight is 315 g/mol. The number of sulfone groups is 1. The summed E-state index contributed by atoms with van der Waals surface area (Å²) in [5.41, 5.74) is 0.913. The minimum Gasteiger partial charge on any atom is -0.303 e. The second-order valence-electron chi connectivity index (χ2n) is 4.25. The molecule has 0 amide bonds. The molecule has 1 fully saturated rings. The van der Waals surface area contributed by atoms with Crippen molar-refractivity contribution in [2.45, 2.75) is 18.1 Å². The molecule has 90 valence electrons. The Balaban J connectivity index is 2.19. The fourth-order valence-corrected chi connectivity index (χ4v) is 4.54. The molecule has 2 aromatic rings. The van der Waals surface area contributed by atoms with Gasteiger partial charge in [0, 0.05) is 10.7 Å². The van der Waals surface area contributed by atoms with Crippen LogP contribution in [0.1, 0.15) is 23.9 Å². The molecule has 1 aliphatic rings. The number of imidazole rings is 1. The highest BCUT2D eigenvalue weighted by Crippen LogP contribution is 2.34. The number of aromatic nitrogens is 2. The molecule has 0 N–H and O–H groups in total. The Kier molecular flexibility index (Phi) is 2.52. The Morgan fingerprint density at radius 1 is 1.47 bits per heavy atom. The van der Waals surface area contributed by atoms with Gasteiger partial charge in [0.15, 0.2) is 9.84 Å². The van der Waals surface area contributed by atoms with Crippen LogP contribution in [-0.2, 0) is 9.84 Å². The molecule has 0 aliphatic carbocycles. The van der Waals surface area contributed by atoms with Crippen LogP contribution in [-0.4, -0.2) is 23.6 Å². The zero-order valence-electron chi connectivity index (χ0n) is 9.01. The van der Waals surface area contributed by atoms with Crippen LogP contribution in [0.3, 0.4) is 0 Å². The van der Waals surface area contributed by atoms with E-state index in [1.165, 1.54) is 0 Å². The summed E-state index contributed by atoms with van der Waals surface area (Å²) in [5.74, 6) is 0.924. The first-order valence-corrected chi connectivity index (χ1v) is 7.93. The third-order valence-corrected chi connectivity index (χ3v) is 5.80. The second-order valence-corrected chi connectivity index (χ2v) is 7.47. The van der Waals surface area contributed by atoms with E-state index >= 15 is 0 Å². The maximum atomic E-state index is 11.9. The fourth-order valence-electron chi connectivity index (χ4n) is 2.31. The molecule has 0 radical (unpaired) electrons. The highest BCUT2D eigenvalue weighted by Gasteiger charge is 2.35. The molecule has 3 rings (SSSR count). The van der Waals surface area contributed by atoms with Gasteiger partial charge in [0.1, 0.15) is 11.1 Å². The second kappa shape index (κ2) is 3.81. The number of rotatable bonds is 1. The van der Waals surface area contributed by atoms with E-state index in [-0.39, 0.29) is 5.75 Å². The quantitative estimate of drug-likeness (QED) is 0.812. The van der Waals surface area contributed by atoms with Gasteiger partial charge in [-0.1, -0.05) is 15.9 Å². The largest absolute Gasteiger partial charge is 0.303 e. The topological polar surface area (TPSA) is 51.4 Å². The normalized spacial score (nSPS) is 23.2. The molecule has 0 aromatic carbocycles. The van der Waals surface area contributed by atoms with Crippen LogP contribution in [0.25, 0.3) is 5.52 Å². The number of nitrogens with zero attached hydrogens (tertiary/aromatic N) is 2. The molecule has 1 atom stereocenters. The van der Waals surface area contributed by atoms with Crippen LogP contribution >= 0.6 is 15.9 Å². The zero-order chi connectivity index (χ0) is 12.0. The lowest BCUT2D eigenvalue weighted by atomic mass is 10.2. The van der Waals surface area contributed by atoms with Crippen molar-refractivity contribution < 1.29 is 8.42 Å². The lowest BCUT2D eigenvalue weighted by Gasteiger charge is -2.08. The minimum absolute atomic E-state index is 0.281. The molecule has 1 saturated heterocycles. The molecule has 17 heavy (non-hydrogen) atoms. The van der Waals surface area contributed by atoms with Crippen LogP contribution in [0.15, 0.2) is 29.0 Å². The maximum Gasteiger partial charge on any atom is 0.160 e. The van der Waals surface area contributed by atoms with Crippen molar-refractivity contribution in [1.82, 2.24) is 9.38 Å². The lowest BCUT2D eigenvalue weighted by molar-refractivity contribution is 0.588. The minimum atomic E-state index is -3.01. The molecule has 1 unspecified atom stereocenters. The molecule has 0 saturated carbocycles. The summed E-state index contributed by atoms with van der Waals surface area (Å²) in [4.78, 5) is 4.28. The van der Waals surface area contributed by atoms with Crippen LogP contribution < -0.4 is 0 Å². The van der Waals surface area contributed by atoms with Crippen molar-refractivity contribution >= 4 is 31.3 Å². The molecule has 0 bridgehead atoms. The maximum absolute atomic E-state index is 11.9. The Morgan fingerprint density at radius 2 is 2.29 bits per heavy atom. The average Bonchev–Trinajstić information content (AvgIpc) is 2.80. The van der Waals surface area contributed by atoms with E-state index in [2.05, 4.69) is 20.9 Å². The summed E-state index contributed by atoms with van der Waals surface area (Å²) in [6.07, 6.45) is 4.99. The molecular formula is C11H11BrN2O2S. The standard InChI is InChI=1S/C11H11BrN2O2S/c12-8-3-4-14-9(6-8)7-13-11(14)10-2-1-5-17(10,15)16/h3-4,6-7,10H,1-2,5H2. The van der Waals surface area contributed by atoms with Crippen molar-refractivity contribution in [2.24, 2.45) is 0 Å². The summed E-state index contributed by atoms with van der Waals surface area (Å²) in [6, 6.07) is 3.82. The van der Waals surface area contributed by atoms with Gasteiger partial charge in [0.2, 0.25) is 0 Å². The third kappa shape index (κ3) is 1.79. The summed E-state index contributed by atoms with van der Waals surface area (Å²) >= 11 is 3.39. The number of fused-ring (bicyclic) bond motifs is 1. The van der Waals surface area contributed by atoms with Crippen molar-refractivity contribution in [1.29, 1.82) is 0 Å². The van der Waals surface area contributed by atoms with Crippen LogP contribution in [0.5, 0.6) is 0 Å². The molecule has 6 heteroatoms. The van der Waals surface area contributed by atoms with E-state index in [0.29, 0.717) is 12.2 Å². The highest BCUT2D eigenvalue weighted by molar-refractivity contribution is 9.10. The zero-order valence-corrected chi connectivity index (χ0v) is 11.4. The Bertz CT molecular complexity index is 678. The van der Waals surface area contributed by atoms with Gasteiger partial charge in [-0.2, -0.15) is 0 Å². The summed E-state index contributed by atoms with van der Waals surface area (Å²) in [7, 11) is -3.01. The molecule has 2 aromatic heterocycles. The first-order chi connectivity index (χ1) is 8.08. The molecule has 4 nitrogen and oxygen atoms in total. The summed E-state index contributed by atoms with van der Waals surface area (Å²) < 4.78 is 26.6. The van der Waals surface area contributed by atoms with E-state index in [4.69, 9.17) is 0 Å². The van der Waals surface area contributed by atoms with E-state index < -0.39 is 15.1 Å². The lowest BCUT2D eigenvalue weighted by Crippen LogP contribution is -2.11. The van der Waals surface area contributed by atoms with Gasteiger partial charge in [-0.05, 0) is 25.0 Å². The van der Waals surface area contributed by atoms with E-state index in [1.54, 1.807) is 6.20 Å². The highest BCUT2D eigenvalue weighted by atomic mass is 79.9.